The maximum atomic E-state index is 10.2. The number of nitrogens with one attached hydrogen (secondary N) is 1. The average Bonchev–Trinajstić information content (AvgIpc) is 2.01. The van der Waals surface area contributed by atoms with Gasteiger partial charge in [0, 0.05) is 5.71 Å². The van der Waals surface area contributed by atoms with Crippen LogP contribution in [-0.4, -0.2) is 11.7 Å². The van der Waals surface area contributed by atoms with Crippen LogP contribution in [0.1, 0.15) is 39.5 Å². The summed E-state index contributed by atoms with van der Waals surface area (Å²) in [4.78, 5) is 10.2. The zero-order valence-electron chi connectivity index (χ0n) is 7.76. The molecule has 0 aliphatic rings. The van der Waals surface area contributed by atoms with Gasteiger partial charge >= 0.3 is 6.03 Å². The van der Waals surface area contributed by atoms with Crippen LogP contribution in [0.2, 0.25) is 0 Å². The molecule has 0 bridgehead atoms. The quantitative estimate of drug-likeness (QED) is 0.368. The van der Waals surface area contributed by atoms with Gasteiger partial charge in [0.2, 0.25) is 0 Å². The third kappa shape index (κ3) is 7.05. The maximum Gasteiger partial charge on any atom is 0.332 e. The molecule has 0 saturated carbocycles. The van der Waals surface area contributed by atoms with Crippen LogP contribution in [-0.2, 0) is 0 Å². The number of nitrogens with two attached hydrogens (primary N) is 1. The first-order chi connectivity index (χ1) is 5.66. The van der Waals surface area contributed by atoms with E-state index in [9.17, 15) is 4.79 Å². The Bertz CT molecular complexity index is 166. The van der Waals surface area contributed by atoms with Crippen molar-refractivity contribution >= 4 is 11.7 Å². The van der Waals surface area contributed by atoms with Crippen LogP contribution in [0, 0.1) is 0 Å². The van der Waals surface area contributed by atoms with Gasteiger partial charge in [0.05, 0.1) is 0 Å². The molecule has 0 atom stereocenters. The molecule has 70 valence electrons. The van der Waals surface area contributed by atoms with Gasteiger partial charge in [-0.1, -0.05) is 19.8 Å². The Morgan fingerprint density at radius 1 is 1.50 bits per heavy atom. The van der Waals surface area contributed by atoms with Crippen LogP contribution in [0.25, 0.3) is 0 Å². The van der Waals surface area contributed by atoms with E-state index in [1.165, 1.54) is 12.8 Å². The van der Waals surface area contributed by atoms with E-state index in [2.05, 4.69) is 17.5 Å². The highest BCUT2D eigenvalue weighted by molar-refractivity contribution is 5.83. The summed E-state index contributed by atoms with van der Waals surface area (Å²) in [6.45, 7) is 4.03. The van der Waals surface area contributed by atoms with Crippen molar-refractivity contribution in [3.8, 4) is 0 Å². The Kier molecular flexibility index (Phi) is 6.05. The first-order valence-electron chi connectivity index (χ1n) is 4.25. The lowest BCUT2D eigenvalue weighted by molar-refractivity contribution is 0.249. The lowest BCUT2D eigenvalue weighted by Crippen LogP contribution is -2.25. The van der Waals surface area contributed by atoms with Gasteiger partial charge < -0.3 is 5.73 Å². The van der Waals surface area contributed by atoms with E-state index in [1.807, 2.05) is 6.92 Å². The standard InChI is InChI=1S/C8H17N3O/c1-3-4-5-6-7(2)10-11-8(9)12/h3-6H2,1-2H3,(H3,9,11,12)/b10-7-. The molecule has 0 spiro atoms. The zero-order valence-corrected chi connectivity index (χ0v) is 7.76. The Morgan fingerprint density at radius 2 is 2.17 bits per heavy atom. The summed E-state index contributed by atoms with van der Waals surface area (Å²) in [6, 6.07) is -0.607. The maximum absolute atomic E-state index is 10.2. The number of hydrogen-bond donors (Lipinski definition) is 2. The molecule has 4 nitrogen and oxygen atoms in total. The second-order valence-electron chi connectivity index (χ2n) is 2.78. The average molecular weight is 171 g/mol. The van der Waals surface area contributed by atoms with Crippen molar-refractivity contribution in [2.24, 2.45) is 10.8 Å². The molecule has 2 amide bonds. The fraction of sp³-hybridized carbons (Fsp3) is 0.750. The summed E-state index contributed by atoms with van der Waals surface area (Å²) in [6.07, 6.45) is 4.43. The van der Waals surface area contributed by atoms with Crippen molar-refractivity contribution in [1.29, 1.82) is 0 Å². The van der Waals surface area contributed by atoms with Gasteiger partial charge in [-0.05, 0) is 19.8 Å². The molecule has 0 rings (SSSR count). The molecule has 0 aliphatic heterocycles. The minimum atomic E-state index is -0.607. The van der Waals surface area contributed by atoms with Crippen molar-refractivity contribution in [3.63, 3.8) is 0 Å². The number of urea groups is 1. The third-order valence-electron chi connectivity index (χ3n) is 1.50. The predicted molar refractivity (Wildman–Crippen MR) is 50.0 cm³/mol. The lowest BCUT2D eigenvalue weighted by Gasteiger charge is -1.98. The Morgan fingerprint density at radius 3 is 2.67 bits per heavy atom. The predicted octanol–water partition coefficient (Wildman–Crippen LogP) is 1.61. The molecule has 0 fully saturated rings. The second-order valence-corrected chi connectivity index (χ2v) is 2.78. The fourth-order valence-corrected chi connectivity index (χ4v) is 0.837. The zero-order chi connectivity index (χ0) is 9.40. The van der Waals surface area contributed by atoms with E-state index in [0.29, 0.717) is 0 Å². The molecule has 0 radical (unpaired) electrons. The van der Waals surface area contributed by atoms with Gasteiger partial charge in [0.15, 0.2) is 0 Å². The highest BCUT2D eigenvalue weighted by atomic mass is 16.2. The van der Waals surface area contributed by atoms with Gasteiger partial charge in [-0.15, -0.1) is 0 Å². The minimum Gasteiger partial charge on any atom is -0.350 e. The second kappa shape index (κ2) is 6.64. The number of hydrazone groups is 1. The summed E-state index contributed by atoms with van der Waals surface area (Å²) < 4.78 is 0. The number of amides is 2. The normalized spacial score (nSPS) is 11.3. The Labute approximate surface area is 73.2 Å². The smallest absolute Gasteiger partial charge is 0.332 e. The largest absolute Gasteiger partial charge is 0.350 e. The van der Waals surface area contributed by atoms with E-state index in [4.69, 9.17) is 5.73 Å². The molecule has 0 aromatic carbocycles. The molecule has 0 aliphatic carbocycles. The summed E-state index contributed by atoms with van der Waals surface area (Å²) >= 11 is 0. The van der Waals surface area contributed by atoms with Crippen LogP contribution in [0.4, 0.5) is 4.79 Å². The summed E-state index contributed by atoms with van der Waals surface area (Å²) in [7, 11) is 0. The van der Waals surface area contributed by atoms with E-state index < -0.39 is 6.03 Å². The van der Waals surface area contributed by atoms with Gasteiger partial charge in [-0.3, -0.25) is 0 Å². The number of carbonyl (C=O) groups is 1. The highest BCUT2D eigenvalue weighted by Crippen LogP contribution is 1.99. The lowest BCUT2D eigenvalue weighted by atomic mass is 10.1. The summed E-state index contributed by atoms with van der Waals surface area (Å²) in [5.41, 5.74) is 7.96. The Hall–Kier alpha value is -1.06. The van der Waals surface area contributed by atoms with Crippen molar-refractivity contribution in [2.75, 3.05) is 0 Å². The number of rotatable bonds is 5. The van der Waals surface area contributed by atoms with Gasteiger partial charge in [-0.25, -0.2) is 10.2 Å². The van der Waals surface area contributed by atoms with Crippen molar-refractivity contribution < 1.29 is 4.79 Å². The topological polar surface area (TPSA) is 67.5 Å². The SMILES string of the molecule is CCCCC/C(C)=N\NC(N)=O. The molecule has 0 aromatic heterocycles. The molecule has 12 heavy (non-hydrogen) atoms. The first-order valence-corrected chi connectivity index (χ1v) is 4.25. The van der Waals surface area contributed by atoms with E-state index >= 15 is 0 Å². The molecule has 0 aromatic rings. The number of primary amides is 1. The number of carbonyl (C=O) groups excluding carboxylic acids is 1. The molecular formula is C8H17N3O. The van der Waals surface area contributed by atoms with E-state index in [-0.39, 0.29) is 0 Å². The fourth-order valence-electron chi connectivity index (χ4n) is 0.837. The highest BCUT2D eigenvalue weighted by Gasteiger charge is 1.92. The number of nitrogens with zero attached hydrogens (tertiary/aromatic N) is 1. The molecule has 0 saturated heterocycles. The number of unbranched alkanes of at least 4 members (excludes halogenated alkanes) is 2. The Balaban J connectivity index is 3.49. The van der Waals surface area contributed by atoms with Crippen LogP contribution in [0.15, 0.2) is 5.10 Å². The monoisotopic (exact) mass is 171 g/mol. The molecule has 4 heteroatoms. The van der Waals surface area contributed by atoms with Gasteiger partial charge in [-0.2, -0.15) is 5.10 Å². The molecule has 0 unspecified atom stereocenters. The van der Waals surface area contributed by atoms with Crippen LogP contribution in [0.3, 0.4) is 0 Å². The molecular weight excluding hydrogens is 154 g/mol. The molecule has 3 N–H and O–H groups in total. The number of hydrogen-bond acceptors (Lipinski definition) is 2. The minimum absolute atomic E-state index is 0.607. The van der Waals surface area contributed by atoms with Crippen molar-refractivity contribution in [3.05, 3.63) is 0 Å². The van der Waals surface area contributed by atoms with E-state index in [1.54, 1.807) is 0 Å². The van der Waals surface area contributed by atoms with Crippen molar-refractivity contribution in [1.82, 2.24) is 5.43 Å². The van der Waals surface area contributed by atoms with Crippen LogP contribution >= 0.6 is 0 Å². The molecule has 0 heterocycles. The first kappa shape index (κ1) is 10.9. The third-order valence-corrected chi connectivity index (χ3v) is 1.50. The van der Waals surface area contributed by atoms with Gasteiger partial charge in [0.1, 0.15) is 0 Å². The van der Waals surface area contributed by atoms with Crippen LogP contribution in [0.5, 0.6) is 0 Å². The van der Waals surface area contributed by atoms with Crippen LogP contribution < -0.4 is 11.2 Å². The summed E-state index contributed by atoms with van der Waals surface area (Å²) in [5, 5.41) is 3.79. The van der Waals surface area contributed by atoms with Crippen molar-refractivity contribution in [2.45, 2.75) is 39.5 Å². The van der Waals surface area contributed by atoms with Gasteiger partial charge in [0.25, 0.3) is 0 Å². The summed E-state index contributed by atoms with van der Waals surface area (Å²) in [5.74, 6) is 0. The van der Waals surface area contributed by atoms with E-state index in [0.717, 1.165) is 18.6 Å².